The smallest absolute Gasteiger partial charge is 0.0699 e. The zero-order valence-electron chi connectivity index (χ0n) is 6.58. The second kappa shape index (κ2) is 4.41. The molecule has 1 heterocycles. The molecule has 0 aliphatic carbocycles. The van der Waals surface area contributed by atoms with Crippen LogP contribution in [0, 0.1) is 5.77 Å². The Bertz CT molecular complexity index is 228. The Morgan fingerprint density at radius 2 is 1.36 bits per heavy atom. The molecule has 0 unspecified atom stereocenters. The van der Waals surface area contributed by atoms with Crippen LogP contribution in [-0.2, 0) is 12.8 Å². The van der Waals surface area contributed by atoms with E-state index in [0.717, 1.165) is 0 Å². The fraction of sp³-hybridized carbons (Fsp3) is 0.500. The fourth-order valence-corrected chi connectivity index (χ4v) is 6.08. The second-order valence-electron chi connectivity index (χ2n) is 2.31. The molecule has 0 atom stereocenters. The van der Waals surface area contributed by atoms with Gasteiger partial charge in [0.05, 0.1) is 5.77 Å². The quantitative estimate of drug-likeness (QED) is 0.666. The minimum atomic E-state index is 1.18. The van der Waals surface area contributed by atoms with Crippen LogP contribution in [0.1, 0.15) is 25.0 Å². The van der Waals surface area contributed by atoms with E-state index in [2.05, 4.69) is 59.0 Å². The Labute approximate surface area is 99.1 Å². The molecule has 0 fully saturated rings. The number of rotatable bonds is 2. The molecule has 0 aliphatic heterocycles. The van der Waals surface area contributed by atoms with Crippen LogP contribution in [0.15, 0.2) is 0 Å². The van der Waals surface area contributed by atoms with Gasteiger partial charge in [-0.1, -0.05) is 13.8 Å². The number of hydrogen-bond acceptors (Lipinski definition) is 1. The summed E-state index contributed by atoms with van der Waals surface area (Å²) in [6, 6.07) is 0. The molecule has 1 aromatic rings. The Morgan fingerprint density at radius 3 is 1.64 bits per heavy atom. The van der Waals surface area contributed by atoms with E-state index in [9.17, 15) is 0 Å². The van der Waals surface area contributed by atoms with E-state index < -0.39 is 0 Å². The maximum Gasteiger partial charge on any atom is 0.0699 e. The van der Waals surface area contributed by atoms with E-state index in [0.29, 0.717) is 0 Å². The first-order valence-corrected chi connectivity index (χ1v) is 6.63. The minimum Gasteiger partial charge on any atom is -0.123 e. The van der Waals surface area contributed by atoms with Crippen molar-refractivity contribution in [2.75, 3.05) is 0 Å². The van der Waals surface area contributed by atoms with Gasteiger partial charge in [-0.2, -0.15) is 0 Å². The summed E-state index contributed by atoms with van der Waals surface area (Å²) >= 11 is 6.81. The molecule has 0 radical (unpaired) electrons. The van der Waals surface area contributed by atoms with E-state index in [4.69, 9.17) is 0 Å². The topological polar surface area (TPSA) is 0 Å². The largest absolute Gasteiger partial charge is 0.123 e. The van der Waals surface area contributed by atoms with E-state index in [-0.39, 0.29) is 0 Å². The number of hydrogen-bond donors (Lipinski definition) is 0. The van der Waals surface area contributed by atoms with Crippen LogP contribution in [0.25, 0.3) is 0 Å². The van der Waals surface area contributed by atoms with Crippen LogP contribution in [-0.4, -0.2) is 0 Å². The standard InChI is InChI=1S/C8H10I2S/c1-3-5-6(4-2)8(10)11-7(5)9/h3-4H2,1-2H3. The molecule has 0 spiro atoms. The lowest BCUT2D eigenvalue weighted by atomic mass is 10.1. The third-order valence-electron chi connectivity index (χ3n) is 1.73. The predicted octanol–water partition coefficient (Wildman–Crippen LogP) is 4.08. The van der Waals surface area contributed by atoms with Crippen LogP contribution in [0.2, 0.25) is 0 Å². The summed E-state index contributed by atoms with van der Waals surface area (Å²) in [5.74, 6) is 0. The van der Waals surface area contributed by atoms with Crippen molar-refractivity contribution in [1.82, 2.24) is 0 Å². The van der Waals surface area contributed by atoms with Gasteiger partial charge in [-0.25, -0.2) is 0 Å². The molecule has 0 N–H and O–H groups in total. The predicted molar refractivity (Wildman–Crippen MR) is 68.5 cm³/mol. The van der Waals surface area contributed by atoms with Crippen molar-refractivity contribution >= 4 is 56.5 Å². The normalized spacial score (nSPS) is 10.5. The highest BCUT2D eigenvalue weighted by Gasteiger charge is 2.10. The highest BCUT2D eigenvalue weighted by atomic mass is 127. The maximum absolute atomic E-state index is 2.44. The summed E-state index contributed by atoms with van der Waals surface area (Å²) in [4.78, 5) is 0. The Hall–Kier alpha value is 1.16. The molecule has 11 heavy (non-hydrogen) atoms. The van der Waals surface area contributed by atoms with Crippen molar-refractivity contribution in [3.8, 4) is 0 Å². The zero-order chi connectivity index (χ0) is 8.43. The molecule has 0 amide bonds. The molecule has 0 nitrogen and oxygen atoms in total. The molecule has 3 heteroatoms. The van der Waals surface area contributed by atoms with Gasteiger partial charge in [-0.3, -0.25) is 0 Å². The van der Waals surface area contributed by atoms with Crippen LogP contribution in [0.5, 0.6) is 0 Å². The van der Waals surface area contributed by atoms with E-state index in [1.807, 2.05) is 11.3 Å². The average Bonchev–Trinajstić information content (AvgIpc) is 2.24. The zero-order valence-corrected chi connectivity index (χ0v) is 11.7. The average molecular weight is 392 g/mol. The summed E-state index contributed by atoms with van der Waals surface area (Å²) < 4.78 is 2.96. The van der Waals surface area contributed by atoms with Gasteiger partial charge >= 0.3 is 0 Å². The SMILES string of the molecule is CCc1c(I)sc(I)c1CC. The Kier molecular flexibility index (Phi) is 4.11. The lowest BCUT2D eigenvalue weighted by molar-refractivity contribution is 1.04. The molecular formula is C8H10I2S. The lowest BCUT2D eigenvalue weighted by Gasteiger charge is -1.97. The van der Waals surface area contributed by atoms with Crippen LogP contribution in [0.4, 0.5) is 0 Å². The third kappa shape index (κ3) is 2.09. The summed E-state index contributed by atoms with van der Waals surface area (Å²) in [5.41, 5.74) is 3.14. The van der Waals surface area contributed by atoms with Gasteiger partial charge in [0.1, 0.15) is 0 Å². The van der Waals surface area contributed by atoms with Crippen LogP contribution >= 0.6 is 56.5 Å². The van der Waals surface area contributed by atoms with Crippen LogP contribution in [0.3, 0.4) is 0 Å². The molecule has 0 bridgehead atoms. The van der Waals surface area contributed by atoms with Gasteiger partial charge in [0.2, 0.25) is 0 Å². The van der Waals surface area contributed by atoms with Crippen LogP contribution < -0.4 is 0 Å². The highest BCUT2D eigenvalue weighted by Crippen LogP contribution is 2.31. The molecular weight excluding hydrogens is 382 g/mol. The van der Waals surface area contributed by atoms with Gasteiger partial charge in [0.15, 0.2) is 0 Å². The first kappa shape index (κ1) is 10.2. The van der Waals surface area contributed by atoms with E-state index in [1.165, 1.54) is 18.6 Å². The van der Waals surface area contributed by atoms with Crippen molar-refractivity contribution in [1.29, 1.82) is 0 Å². The van der Waals surface area contributed by atoms with E-state index >= 15 is 0 Å². The van der Waals surface area contributed by atoms with Gasteiger partial charge in [-0.15, -0.1) is 11.3 Å². The highest BCUT2D eigenvalue weighted by molar-refractivity contribution is 14.1. The fourth-order valence-electron chi connectivity index (χ4n) is 1.14. The summed E-state index contributed by atoms with van der Waals surface area (Å²) in [6.45, 7) is 4.47. The molecule has 1 aromatic heterocycles. The lowest BCUT2D eigenvalue weighted by Crippen LogP contribution is -1.87. The summed E-state index contributed by atoms with van der Waals surface area (Å²) in [6.07, 6.45) is 2.36. The van der Waals surface area contributed by atoms with Crippen molar-refractivity contribution in [3.63, 3.8) is 0 Å². The van der Waals surface area contributed by atoms with Gasteiger partial charge in [0, 0.05) is 0 Å². The van der Waals surface area contributed by atoms with E-state index in [1.54, 1.807) is 11.1 Å². The molecule has 0 aromatic carbocycles. The van der Waals surface area contributed by atoms with Crippen molar-refractivity contribution < 1.29 is 0 Å². The van der Waals surface area contributed by atoms with Crippen molar-refractivity contribution in [2.45, 2.75) is 26.7 Å². The summed E-state index contributed by atoms with van der Waals surface area (Å²) in [7, 11) is 0. The molecule has 1 rings (SSSR count). The van der Waals surface area contributed by atoms with Crippen molar-refractivity contribution in [3.05, 3.63) is 16.9 Å². The second-order valence-corrected chi connectivity index (χ2v) is 6.96. The maximum atomic E-state index is 2.44. The molecule has 62 valence electrons. The third-order valence-corrected chi connectivity index (χ3v) is 5.20. The van der Waals surface area contributed by atoms with Gasteiger partial charge in [0.25, 0.3) is 0 Å². The number of halogens is 2. The monoisotopic (exact) mass is 392 g/mol. The molecule has 0 saturated carbocycles. The van der Waals surface area contributed by atoms with Crippen molar-refractivity contribution in [2.24, 2.45) is 0 Å². The Balaban J connectivity index is 3.17. The number of thiophene rings is 1. The van der Waals surface area contributed by atoms with Gasteiger partial charge < -0.3 is 0 Å². The Morgan fingerprint density at radius 1 is 1.00 bits per heavy atom. The first-order chi connectivity index (χ1) is 5.20. The minimum absolute atomic E-state index is 1.18. The molecule has 0 saturated heterocycles. The summed E-state index contributed by atoms with van der Waals surface area (Å²) in [5, 5.41) is 0. The first-order valence-electron chi connectivity index (χ1n) is 3.66. The molecule has 0 aliphatic rings. The van der Waals surface area contributed by atoms with Gasteiger partial charge in [-0.05, 0) is 69.2 Å².